The number of hydroxylamine groups is 2. The molecule has 0 radical (unpaired) electrons. The first kappa shape index (κ1) is 12.4. The van der Waals surface area contributed by atoms with E-state index in [1.165, 1.54) is 12.8 Å². The summed E-state index contributed by atoms with van der Waals surface area (Å²) in [6, 6.07) is 8.40. The van der Waals surface area contributed by atoms with Crippen LogP contribution in [0.1, 0.15) is 32.6 Å². The van der Waals surface area contributed by atoms with E-state index in [9.17, 15) is 5.21 Å². The summed E-state index contributed by atoms with van der Waals surface area (Å²) < 4.78 is -0.328. The average molecular weight is 271 g/mol. The first-order valence-corrected chi connectivity index (χ1v) is 7.78. The topological polar surface area (TPSA) is 38.7 Å². The third-order valence-corrected chi connectivity index (χ3v) is 5.08. The van der Waals surface area contributed by atoms with Gasteiger partial charge in [0, 0.05) is 18.5 Å². The summed E-state index contributed by atoms with van der Waals surface area (Å²) in [4.78, 5) is 7.03. The normalized spacial score (nSPS) is 35.1. The number of para-hydroxylation sites is 2. The average Bonchev–Trinajstić information content (AvgIpc) is 2.73. The van der Waals surface area contributed by atoms with Crippen molar-refractivity contribution in [2.45, 2.75) is 38.6 Å². The first-order chi connectivity index (χ1) is 9.74. The number of hydrogen-bond donors (Lipinski definition) is 0. The van der Waals surface area contributed by atoms with Crippen LogP contribution < -0.4 is 9.55 Å². The Labute approximate surface area is 119 Å². The van der Waals surface area contributed by atoms with Crippen LogP contribution in [0.4, 0.5) is 11.4 Å². The molecule has 2 heterocycles. The van der Waals surface area contributed by atoms with Crippen LogP contribution in [0.3, 0.4) is 0 Å². The highest BCUT2D eigenvalue weighted by Gasteiger charge is 2.49. The zero-order valence-electron chi connectivity index (χ0n) is 12.0. The van der Waals surface area contributed by atoms with Crippen molar-refractivity contribution in [1.82, 2.24) is 4.65 Å². The molecule has 3 aliphatic rings. The van der Waals surface area contributed by atoms with Crippen LogP contribution in [0.2, 0.25) is 0 Å². The van der Waals surface area contributed by atoms with Crippen molar-refractivity contribution in [1.29, 1.82) is 0 Å². The largest absolute Gasteiger partial charge is 0.619 e. The lowest BCUT2D eigenvalue weighted by Gasteiger charge is -2.46. The van der Waals surface area contributed by atoms with Gasteiger partial charge < -0.3 is 5.21 Å². The Bertz CT molecular complexity index is 571. The molecule has 0 spiro atoms. The minimum absolute atomic E-state index is 0.328. The Morgan fingerprint density at radius 1 is 1.30 bits per heavy atom. The second-order valence-electron chi connectivity index (χ2n) is 6.20. The molecule has 1 aliphatic carbocycles. The quantitative estimate of drug-likeness (QED) is 0.581. The van der Waals surface area contributed by atoms with E-state index in [2.05, 4.69) is 17.9 Å². The van der Waals surface area contributed by atoms with Crippen LogP contribution in [0.5, 0.6) is 0 Å². The third kappa shape index (κ3) is 1.52. The summed E-state index contributed by atoms with van der Waals surface area (Å²) in [6.07, 6.45) is 4.83. The van der Waals surface area contributed by atoms with Crippen molar-refractivity contribution in [3.05, 3.63) is 29.5 Å². The van der Waals surface area contributed by atoms with E-state index in [4.69, 9.17) is 4.99 Å². The fourth-order valence-electron chi connectivity index (χ4n) is 4.11. The van der Waals surface area contributed by atoms with Crippen LogP contribution in [0.15, 0.2) is 29.3 Å². The van der Waals surface area contributed by atoms with Gasteiger partial charge in [-0.15, -0.1) is 0 Å². The maximum Gasteiger partial charge on any atom is 0.310 e. The molecule has 4 rings (SSSR count). The van der Waals surface area contributed by atoms with Crippen molar-refractivity contribution in [2.75, 3.05) is 18.0 Å². The molecule has 20 heavy (non-hydrogen) atoms. The SMILES string of the molecule is CCN1C2=NC3CCCCC3C[N+]2([O-])c2ccccc21. The van der Waals surface area contributed by atoms with Gasteiger partial charge >= 0.3 is 5.96 Å². The summed E-state index contributed by atoms with van der Waals surface area (Å²) in [5, 5.41) is 13.5. The summed E-state index contributed by atoms with van der Waals surface area (Å²) in [5.74, 6) is 1.20. The molecule has 1 aromatic rings. The highest BCUT2D eigenvalue weighted by molar-refractivity contribution is 6.13. The number of benzene rings is 1. The van der Waals surface area contributed by atoms with Gasteiger partial charge in [0.1, 0.15) is 5.69 Å². The fraction of sp³-hybridized carbons (Fsp3) is 0.562. The second kappa shape index (κ2) is 4.30. The molecule has 1 saturated carbocycles. The van der Waals surface area contributed by atoms with Crippen LogP contribution in [-0.2, 0) is 0 Å². The molecule has 2 aliphatic heterocycles. The van der Waals surface area contributed by atoms with Crippen LogP contribution in [0, 0.1) is 11.1 Å². The van der Waals surface area contributed by atoms with Gasteiger partial charge in [0.2, 0.25) is 0 Å². The van der Waals surface area contributed by atoms with Gasteiger partial charge in [-0.1, -0.05) is 25.0 Å². The van der Waals surface area contributed by atoms with Crippen molar-refractivity contribution in [3.8, 4) is 0 Å². The van der Waals surface area contributed by atoms with E-state index >= 15 is 0 Å². The van der Waals surface area contributed by atoms with Crippen molar-refractivity contribution in [2.24, 2.45) is 10.9 Å². The molecule has 0 saturated heterocycles. The number of fused-ring (bicyclic) bond motifs is 4. The molecule has 3 unspecified atom stereocenters. The molecule has 3 atom stereocenters. The van der Waals surface area contributed by atoms with Crippen molar-refractivity contribution < 1.29 is 0 Å². The molecule has 4 heteroatoms. The van der Waals surface area contributed by atoms with Crippen LogP contribution in [0.25, 0.3) is 0 Å². The summed E-state index contributed by atoms with van der Waals surface area (Å²) in [5.41, 5.74) is 1.94. The van der Waals surface area contributed by atoms with Gasteiger partial charge in [0.15, 0.2) is 5.69 Å². The standard InChI is InChI=1S/C16H21N3O/c1-2-18-14-9-5-6-10-15(14)19(20)11-12-7-3-4-8-13(12)17-16(18)19/h5-6,9-10,12-13H,2-4,7-8,11H2,1H3. The maximum absolute atomic E-state index is 13.5. The zero-order valence-corrected chi connectivity index (χ0v) is 12.0. The van der Waals surface area contributed by atoms with Crippen LogP contribution >= 0.6 is 0 Å². The van der Waals surface area contributed by atoms with Gasteiger partial charge in [-0.25, -0.2) is 4.99 Å². The molecule has 0 aromatic heterocycles. The van der Waals surface area contributed by atoms with Gasteiger partial charge in [0.05, 0.1) is 12.6 Å². The van der Waals surface area contributed by atoms with Gasteiger partial charge in [0.25, 0.3) is 0 Å². The van der Waals surface area contributed by atoms with Gasteiger partial charge in [-0.2, -0.15) is 0 Å². The molecular weight excluding hydrogens is 250 g/mol. The van der Waals surface area contributed by atoms with Gasteiger partial charge in [-0.3, -0.25) is 9.55 Å². The summed E-state index contributed by atoms with van der Waals surface area (Å²) in [6.45, 7) is 3.59. The zero-order chi connectivity index (χ0) is 13.7. The molecule has 4 nitrogen and oxygen atoms in total. The molecular formula is C16H21N3O. The molecule has 106 valence electrons. The number of hydrogen-bond acceptors (Lipinski definition) is 3. The predicted octanol–water partition coefficient (Wildman–Crippen LogP) is 3.26. The lowest BCUT2D eigenvalue weighted by Crippen LogP contribution is -2.59. The van der Waals surface area contributed by atoms with E-state index in [1.54, 1.807) is 0 Å². The molecule has 1 fully saturated rings. The Morgan fingerprint density at radius 2 is 2.10 bits per heavy atom. The smallest absolute Gasteiger partial charge is 0.310 e. The van der Waals surface area contributed by atoms with E-state index < -0.39 is 0 Å². The lowest BCUT2D eigenvalue weighted by atomic mass is 9.83. The number of quaternary nitrogens is 1. The van der Waals surface area contributed by atoms with Crippen molar-refractivity contribution >= 4 is 17.3 Å². The lowest BCUT2D eigenvalue weighted by molar-refractivity contribution is 0.251. The summed E-state index contributed by atoms with van der Waals surface area (Å²) in [7, 11) is 0. The Balaban J connectivity index is 1.86. The molecule has 0 N–H and O–H groups in total. The molecule has 0 amide bonds. The van der Waals surface area contributed by atoms with Crippen LogP contribution in [-0.4, -0.2) is 25.1 Å². The monoisotopic (exact) mass is 271 g/mol. The van der Waals surface area contributed by atoms with E-state index in [0.717, 1.165) is 36.7 Å². The fourth-order valence-corrected chi connectivity index (χ4v) is 4.11. The number of rotatable bonds is 1. The Hall–Kier alpha value is -1.39. The third-order valence-electron chi connectivity index (χ3n) is 5.08. The van der Waals surface area contributed by atoms with Crippen molar-refractivity contribution in [3.63, 3.8) is 0 Å². The van der Waals surface area contributed by atoms with E-state index in [0.29, 0.717) is 18.5 Å². The highest BCUT2D eigenvalue weighted by atomic mass is 16.6. The second-order valence-corrected chi connectivity index (χ2v) is 6.20. The first-order valence-electron chi connectivity index (χ1n) is 7.78. The Kier molecular flexibility index (Phi) is 2.66. The van der Waals surface area contributed by atoms with E-state index in [1.807, 2.05) is 18.2 Å². The predicted molar refractivity (Wildman–Crippen MR) is 82.7 cm³/mol. The maximum atomic E-state index is 13.5. The molecule has 0 bridgehead atoms. The Morgan fingerprint density at radius 3 is 2.95 bits per heavy atom. The number of guanidine groups is 1. The summed E-state index contributed by atoms with van der Waals surface area (Å²) >= 11 is 0. The minimum atomic E-state index is -0.328. The minimum Gasteiger partial charge on any atom is -0.619 e. The number of anilines is 1. The van der Waals surface area contributed by atoms with Gasteiger partial charge in [-0.05, 0) is 25.8 Å². The number of nitrogens with zero attached hydrogens (tertiary/aromatic N) is 3. The van der Waals surface area contributed by atoms with E-state index in [-0.39, 0.29) is 4.65 Å². The number of aliphatic imine (C=N–C) groups is 1. The molecule has 1 aromatic carbocycles. The highest BCUT2D eigenvalue weighted by Crippen LogP contribution is 2.46.